The van der Waals surface area contributed by atoms with E-state index in [9.17, 15) is 14.4 Å². The number of aliphatic imine (C=N–C) groups is 1. The molecular weight excluding hydrogens is 507 g/mol. The molecule has 1 aromatic carbocycles. The van der Waals surface area contributed by atoms with E-state index in [0.29, 0.717) is 48.2 Å². The molecule has 200 valence electrons. The summed E-state index contributed by atoms with van der Waals surface area (Å²) in [6.07, 6.45) is 1.49. The van der Waals surface area contributed by atoms with Crippen LogP contribution in [-0.4, -0.2) is 58.0 Å². The summed E-state index contributed by atoms with van der Waals surface area (Å²) < 4.78 is 20.4. The van der Waals surface area contributed by atoms with Gasteiger partial charge in [0.1, 0.15) is 17.3 Å². The number of benzene rings is 1. The molecule has 2 aliphatic heterocycles. The maximum Gasteiger partial charge on any atom is 0.410 e. The zero-order valence-electron chi connectivity index (χ0n) is 22.8. The molecule has 0 bridgehead atoms. The van der Waals surface area contributed by atoms with Gasteiger partial charge in [0.25, 0.3) is 0 Å². The van der Waals surface area contributed by atoms with E-state index < -0.39 is 11.4 Å². The Morgan fingerprint density at radius 2 is 2.00 bits per heavy atom. The summed E-state index contributed by atoms with van der Waals surface area (Å²) in [6.45, 7) is 14.5. The molecule has 2 aliphatic rings. The van der Waals surface area contributed by atoms with Crippen molar-refractivity contribution >= 4 is 35.0 Å². The van der Waals surface area contributed by atoms with Crippen molar-refractivity contribution in [2.24, 2.45) is 4.99 Å². The molecular formula is C28H32ClFN6O2. The van der Waals surface area contributed by atoms with E-state index in [1.165, 1.54) is 6.07 Å². The van der Waals surface area contributed by atoms with Gasteiger partial charge in [0.05, 0.1) is 22.9 Å². The van der Waals surface area contributed by atoms with Crippen molar-refractivity contribution in [3.05, 3.63) is 63.3 Å². The number of carbonyl (C=O) groups excluding carboxylic acids is 1. The molecule has 2 aromatic rings. The number of ether oxygens (including phenoxy) is 1. The lowest BCUT2D eigenvalue weighted by Crippen LogP contribution is -2.56. The topological polar surface area (TPSA) is 85.1 Å². The van der Waals surface area contributed by atoms with E-state index >= 15 is 0 Å². The molecule has 0 radical (unpaired) electrons. The van der Waals surface area contributed by atoms with Crippen molar-refractivity contribution in [2.45, 2.75) is 60.1 Å². The van der Waals surface area contributed by atoms with Crippen LogP contribution in [0, 0.1) is 31.0 Å². The summed E-state index contributed by atoms with van der Waals surface area (Å²) in [5.74, 6) is 0.903. The minimum absolute atomic E-state index is 0.128. The zero-order chi connectivity index (χ0) is 27.9. The number of carbonyl (C=O) groups is 1. The van der Waals surface area contributed by atoms with E-state index in [1.54, 1.807) is 11.0 Å². The average molecular weight is 539 g/mol. The lowest BCUT2D eigenvalue weighted by molar-refractivity contribution is 0.0134. The monoisotopic (exact) mass is 538 g/mol. The van der Waals surface area contributed by atoms with Gasteiger partial charge >= 0.3 is 6.09 Å². The van der Waals surface area contributed by atoms with Gasteiger partial charge in [0, 0.05) is 25.7 Å². The maximum atomic E-state index is 14.8. The SMILES string of the molecule is C/C=C1/N=C(N2CCN(C(=O)OC(C)(C)C)C[C@@H]2C)c2cc(F)c(Cl)nc2N1c1c(C)ccc(C#N)c1C. The Kier molecular flexibility index (Phi) is 7.39. The maximum absolute atomic E-state index is 14.8. The largest absolute Gasteiger partial charge is 0.444 e. The molecule has 0 aliphatic carbocycles. The van der Waals surface area contributed by atoms with Crippen molar-refractivity contribution < 1.29 is 13.9 Å². The molecule has 0 unspecified atom stereocenters. The number of fused-ring (bicyclic) bond motifs is 1. The molecule has 1 saturated heterocycles. The third kappa shape index (κ3) is 5.05. The molecule has 1 aromatic heterocycles. The average Bonchev–Trinajstić information content (AvgIpc) is 2.84. The van der Waals surface area contributed by atoms with Crippen LogP contribution in [0.3, 0.4) is 0 Å². The quantitative estimate of drug-likeness (QED) is 0.410. The van der Waals surface area contributed by atoms with Crippen molar-refractivity contribution in [3.63, 3.8) is 0 Å². The number of allylic oxidation sites excluding steroid dienone is 1. The summed E-state index contributed by atoms with van der Waals surface area (Å²) in [5, 5.41) is 9.40. The van der Waals surface area contributed by atoms with Crippen LogP contribution in [0.1, 0.15) is 56.9 Å². The fraction of sp³-hybridized carbons (Fsp3) is 0.429. The Balaban J connectivity index is 1.79. The highest BCUT2D eigenvalue weighted by atomic mass is 35.5. The first kappa shape index (κ1) is 27.4. The highest BCUT2D eigenvalue weighted by molar-refractivity contribution is 6.30. The predicted molar refractivity (Wildman–Crippen MR) is 146 cm³/mol. The van der Waals surface area contributed by atoms with Crippen molar-refractivity contribution in [2.75, 3.05) is 24.5 Å². The summed E-state index contributed by atoms with van der Waals surface area (Å²) in [4.78, 5) is 27.7. The second-order valence-electron chi connectivity index (χ2n) is 10.5. The summed E-state index contributed by atoms with van der Waals surface area (Å²) in [5.41, 5.74) is 2.84. The lowest BCUT2D eigenvalue weighted by Gasteiger charge is -2.43. The van der Waals surface area contributed by atoms with Gasteiger partial charge in [-0.05, 0) is 77.8 Å². The Morgan fingerprint density at radius 3 is 2.61 bits per heavy atom. The van der Waals surface area contributed by atoms with Gasteiger partial charge in [-0.1, -0.05) is 17.7 Å². The first-order chi connectivity index (χ1) is 17.9. The van der Waals surface area contributed by atoms with Crippen molar-refractivity contribution in [3.8, 4) is 6.07 Å². The number of anilines is 2. The highest BCUT2D eigenvalue weighted by Crippen LogP contribution is 2.42. The number of halogens is 2. The normalized spacial score (nSPS) is 18.7. The predicted octanol–water partition coefficient (Wildman–Crippen LogP) is 6.06. The molecule has 0 spiro atoms. The van der Waals surface area contributed by atoms with Crippen molar-refractivity contribution in [1.82, 2.24) is 14.8 Å². The third-order valence-electron chi connectivity index (χ3n) is 6.60. The fourth-order valence-corrected chi connectivity index (χ4v) is 4.95. The molecule has 1 amide bonds. The summed E-state index contributed by atoms with van der Waals surface area (Å²) in [7, 11) is 0. The second kappa shape index (κ2) is 10.3. The van der Waals surface area contributed by atoms with Crippen LogP contribution in [0.15, 0.2) is 35.1 Å². The summed E-state index contributed by atoms with van der Waals surface area (Å²) >= 11 is 6.20. The number of pyridine rings is 1. The number of hydrogen-bond acceptors (Lipinski definition) is 7. The van der Waals surface area contributed by atoms with Gasteiger partial charge < -0.3 is 14.5 Å². The second-order valence-corrected chi connectivity index (χ2v) is 10.9. The number of amides is 1. The van der Waals surface area contributed by atoms with E-state index in [1.807, 2.05) is 65.5 Å². The Labute approximate surface area is 228 Å². The third-order valence-corrected chi connectivity index (χ3v) is 6.87. The van der Waals surface area contributed by atoms with Gasteiger partial charge in [-0.15, -0.1) is 0 Å². The Hall–Kier alpha value is -3.64. The van der Waals surface area contributed by atoms with Gasteiger partial charge in [-0.3, -0.25) is 4.90 Å². The number of aryl methyl sites for hydroxylation is 1. The number of amidine groups is 1. The van der Waals surface area contributed by atoms with Crippen LogP contribution in [0.4, 0.5) is 20.7 Å². The number of hydrogen-bond donors (Lipinski definition) is 0. The molecule has 1 atom stereocenters. The number of nitriles is 1. The first-order valence-corrected chi connectivity index (χ1v) is 12.9. The molecule has 10 heteroatoms. The minimum atomic E-state index is -0.652. The van der Waals surface area contributed by atoms with Gasteiger partial charge in [0.2, 0.25) is 0 Å². The van der Waals surface area contributed by atoms with Crippen molar-refractivity contribution in [1.29, 1.82) is 5.26 Å². The summed E-state index contributed by atoms with van der Waals surface area (Å²) in [6, 6.07) is 7.11. The molecule has 4 rings (SSSR count). The van der Waals surface area contributed by atoms with E-state index in [4.69, 9.17) is 21.3 Å². The Morgan fingerprint density at radius 1 is 1.29 bits per heavy atom. The standard InChI is InChI=1S/C28H32ClFN6O2/c1-8-22-32-25(35-12-11-34(15-17(35)3)27(37)38-28(5,6)7)20-13-21(30)24(29)33-26(20)36(22)23-16(2)9-10-19(14-31)18(23)4/h8-10,13,17H,11-12,15H2,1-7H3/b22-8-/t17-/m0/s1. The Bertz CT molecular complexity index is 1390. The van der Waals surface area contributed by atoms with Crippen LogP contribution >= 0.6 is 11.6 Å². The van der Waals surface area contributed by atoms with E-state index in [0.717, 1.165) is 16.8 Å². The van der Waals surface area contributed by atoms with Crippen LogP contribution < -0.4 is 4.90 Å². The van der Waals surface area contributed by atoms with Gasteiger partial charge in [-0.25, -0.2) is 19.2 Å². The van der Waals surface area contributed by atoms with Crippen LogP contribution in [-0.2, 0) is 4.74 Å². The van der Waals surface area contributed by atoms with E-state index in [-0.39, 0.29) is 17.3 Å². The van der Waals surface area contributed by atoms with Crippen LogP contribution in [0.5, 0.6) is 0 Å². The van der Waals surface area contributed by atoms with E-state index in [2.05, 4.69) is 16.0 Å². The minimum Gasteiger partial charge on any atom is -0.444 e. The number of nitrogens with zero attached hydrogens (tertiary/aromatic N) is 6. The van der Waals surface area contributed by atoms with Crippen LogP contribution in [0.2, 0.25) is 5.15 Å². The lowest BCUT2D eigenvalue weighted by atomic mass is 10.0. The highest BCUT2D eigenvalue weighted by Gasteiger charge is 2.37. The molecule has 1 fully saturated rings. The molecule has 0 N–H and O–H groups in total. The number of rotatable bonds is 1. The zero-order valence-corrected chi connectivity index (χ0v) is 23.5. The molecule has 3 heterocycles. The van der Waals surface area contributed by atoms with Crippen LogP contribution in [0.25, 0.3) is 0 Å². The molecule has 0 saturated carbocycles. The van der Waals surface area contributed by atoms with Gasteiger partial charge in [0.15, 0.2) is 16.8 Å². The first-order valence-electron chi connectivity index (χ1n) is 12.5. The number of aromatic nitrogens is 1. The smallest absolute Gasteiger partial charge is 0.410 e. The molecule has 38 heavy (non-hydrogen) atoms. The fourth-order valence-electron chi connectivity index (χ4n) is 4.82. The number of piperazine rings is 1. The van der Waals surface area contributed by atoms with Gasteiger partial charge in [-0.2, -0.15) is 5.26 Å². The molecule has 8 nitrogen and oxygen atoms in total.